The number of rotatable bonds is 49. The fraction of sp³-hybridized carbons (Fsp3) is 0.821. The molecule has 2 unspecified atom stereocenters. The summed E-state index contributed by atoms with van der Waals surface area (Å²) in [6, 6.07) is -0.649. The molecule has 2 atom stereocenters. The van der Waals surface area contributed by atoms with E-state index >= 15 is 0 Å². The van der Waals surface area contributed by atoms with Crippen molar-refractivity contribution in [3.63, 3.8) is 0 Å². The molecule has 1 amide bonds. The maximum atomic E-state index is 12.4. The molecule has 0 saturated heterocycles. The van der Waals surface area contributed by atoms with Crippen molar-refractivity contribution in [2.24, 2.45) is 0 Å². The van der Waals surface area contributed by atoms with Crippen LogP contribution in [-0.4, -0.2) is 47.4 Å². The van der Waals surface area contributed by atoms with E-state index in [4.69, 9.17) is 4.74 Å². The number of nitrogens with one attached hydrogen (secondary N) is 1. The van der Waals surface area contributed by atoms with Crippen molar-refractivity contribution in [3.8, 4) is 0 Å². The molecule has 0 rings (SSSR count). The second-order valence-corrected chi connectivity index (χ2v) is 18.2. The third-order valence-electron chi connectivity index (χ3n) is 12.1. The molecule has 0 saturated carbocycles. The fourth-order valence-electron chi connectivity index (χ4n) is 7.88. The summed E-state index contributed by atoms with van der Waals surface area (Å²) < 4.78 is 5.43. The van der Waals surface area contributed by atoms with E-state index in [0.717, 1.165) is 103 Å². The van der Waals surface area contributed by atoms with Gasteiger partial charge < -0.3 is 20.3 Å². The van der Waals surface area contributed by atoms with E-state index in [-0.39, 0.29) is 18.5 Å². The van der Waals surface area contributed by atoms with Crippen LogP contribution in [0, 0.1) is 0 Å². The molecule has 0 aliphatic rings. The highest BCUT2D eigenvalue weighted by molar-refractivity contribution is 5.76. The lowest BCUT2D eigenvalue weighted by Crippen LogP contribution is -2.45. The Balaban J connectivity index is 3.56. The number of hydrogen-bond donors (Lipinski definition) is 3. The highest BCUT2D eigenvalue weighted by atomic mass is 16.5. The van der Waals surface area contributed by atoms with Gasteiger partial charge in [-0.2, -0.15) is 0 Å². The first-order valence-corrected chi connectivity index (χ1v) is 26.9. The molecule has 3 N–H and O–H groups in total. The van der Waals surface area contributed by atoms with Crippen molar-refractivity contribution in [1.82, 2.24) is 5.32 Å². The van der Waals surface area contributed by atoms with Gasteiger partial charge in [0, 0.05) is 12.8 Å². The number of ether oxygens (including phenoxy) is 1. The first-order valence-electron chi connectivity index (χ1n) is 26.9. The molecule has 0 bridgehead atoms. The van der Waals surface area contributed by atoms with Crippen LogP contribution in [0.5, 0.6) is 0 Å². The monoisotopic (exact) mass is 870 g/mol. The molecule has 6 nitrogen and oxygen atoms in total. The Morgan fingerprint density at radius 2 is 0.823 bits per heavy atom. The Hall–Kier alpha value is -2.18. The molecule has 0 aromatic carbocycles. The van der Waals surface area contributed by atoms with Crippen LogP contribution in [-0.2, 0) is 14.3 Å². The molecule has 0 spiro atoms. The zero-order valence-electron chi connectivity index (χ0n) is 41.1. The Morgan fingerprint density at radius 3 is 1.29 bits per heavy atom. The summed E-state index contributed by atoms with van der Waals surface area (Å²) in [7, 11) is 0. The molecule has 0 aliphatic carbocycles. The van der Waals surface area contributed by atoms with Crippen LogP contribution in [0.1, 0.15) is 271 Å². The number of carbonyl (C=O) groups excluding carboxylic acids is 2. The van der Waals surface area contributed by atoms with Crippen molar-refractivity contribution in [2.45, 2.75) is 283 Å². The summed E-state index contributed by atoms with van der Waals surface area (Å²) in [5, 5.41) is 23.1. The van der Waals surface area contributed by atoms with E-state index in [1.807, 2.05) is 6.08 Å². The number of hydrogen-bond acceptors (Lipinski definition) is 5. The number of carbonyl (C=O) groups is 2. The second-order valence-electron chi connectivity index (χ2n) is 18.2. The average Bonchev–Trinajstić information content (AvgIpc) is 3.27. The summed E-state index contributed by atoms with van der Waals surface area (Å²) in [4.78, 5) is 24.5. The van der Waals surface area contributed by atoms with Gasteiger partial charge in [0.05, 0.1) is 25.4 Å². The maximum Gasteiger partial charge on any atom is 0.305 e. The van der Waals surface area contributed by atoms with E-state index in [1.54, 1.807) is 6.08 Å². The molecular formula is C56H103NO5. The lowest BCUT2D eigenvalue weighted by molar-refractivity contribution is -0.143. The lowest BCUT2D eigenvalue weighted by atomic mass is 10.0. The minimum atomic E-state index is -0.863. The van der Waals surface area contributed by atoms with Crippen LogP contribution < -0.4 is 5.32 Å². The standard InChI is InChI=1S/C56H103NO5/c1-3-5-7-9-11-13-15-17-19-20-21-22-23-24-28-32-36-40-44-48-54(59)53(52-58)57-55(60)49-45-41-37-33-29-26-27-31-35-39-43-47-51-62-56(61)50-46-42-38-34-30-25-18-16-14-12-10-8-6-4-2/h10,12,16,18,27,31,44,48,53-54,58-59H,3-9,11,13-15,17,19-26,28-30,32-43,45-47,49-52H2,1-2H3,(H,57,60)/b12-10-,18-16-,31-27-,48-44+. The highest BCUT2D eigenvalue weighted by Gasteiger charge is 2.18. The Kier molecular flexibility index (Phi) is 49.6. The van der Waals surface area contributed by atoms with Crippen molar-refractivity contribution >= 4 is 11.9 Å². The number of unbranched alkanes of at least 4 members (excludes halogenated alkanes) is 32. The summed E-state index contributed by atoms with van der Waals surface area (Å²) in [5.41, 5.74) is 0. The lowest BCUT2D eigenvalue weighted by Gasteiger charge is -2.20. The summed E-state index contributed by atoms with van der Waals surface area (Å²) in [6.45, 7) is 4.79. The number of aliphatic hydroxyl groups is 2. The minimum Gasteiger partial charge on any atom is -0.466 e. The number of aliphatic hydroxyl groups excluding tert-OH is 2. The highest BCUT2D eigenvalue weighted by Crippen LogP contribution is 2.15. The zero-order chi connectivity index (χ0) is 45.1. The van der Waals surface area contributed by atoms with Gasteiger partial charge in [-0.3, -0.25) is 9.59 Å². The van der Waals surface area contributed by atoms with Crippen LogP contribution >= 0.6 is 0 Å². The molecular weight excluding hydrogens is 767 g/mol. The van der Waals surface area contributed by atoms with Crippen LogP contribution in [0.4, 0.5) is 0 Å². The normalized spacial score (nSPS) is 13.0. The van der Waals surface area contributed by atoms with Crippen molar-refractivity contribution in [2.75, 3.05) is 13.2 Å². The van der Waals surface area contributed by atoms with Crippen molar-refractivity contribution < 1.29 is 24.5 Å². The summed E-state index contributed by atoms with van der Waals surface area (Å²) >= 11 is 0. The minimum absolute atomic E-state index is 0.0395. The maximum absolute atomic E-state index is 12.4. The topological polar surface area (TPSA) is 95.9 Å². The molecule has 0 aromatic rings. The molecule has 0 aliphatic heterocycles. The van der Waals surface area contributed by atoms with E-state index in [2.05, 4.69) is 55.6 Å². The van der Waals surface area contributed by atoms with Crippen molar-refractivity contribution in [1.29, 1.82) is 0 Å². The van der Waals surface area contributed by atoms with Crippen molar-refractivity contribution in [3.05, 3.63) is 48.6 Å². The molecule has 62 heavy (non-hydrogen) atoms. The van der Waals surface area contributed by atoms with Crippen LogP contribution in [0.2, 0.25) is 0 Å². The SMILES string of the molecule is CCCC/C=C\C/C=C\CCCCCCCC(=O)OCCCCC/C=C\CCCCCCCC(=O)NC(CO)C(O)/C=C/CCCCCCCCCCCCCCCCCCC. The first-order chi connectivity index (χ1) is 30.5. The van der Waals surface area contributed by atoms with E-state index in [9.17, 15) is 19.8 Å². The summed E-state index contributed by atoms with van der Waals surface area (Å²) in [5.74, 6) is -0.134. The predicted molar refractivity (Wildman–Crippen MR) is 269 cm³/mol. The molecule has 0 radical (unpaired) electrons. The van der Waals surface area contributed by atoms with Crippen LogP contribution in [0.15, 0.2) is 48.6 Å². The first kappa shape index (κ1) is 59.8. The Bertz CT molecular complexity index is 1050. The third-order valence-corrected chi connectivity index (χ3v) is 12.1. The molecule has 0 fully saturated rings. The second kappa shape index (κ2) is 51.5. The molecule has 6 heteroatoms. The number of esters is 1. The van der Waals surface area contributed by atoms with Gasteiger partial charge in [0.25, 0.3) is 0 Å². The van der Waals surface area contributed by atoms with E-state index in [1.165, 1.54) is 141 Å². The Labute approximate surface area is 385 Å². The van der Waals surface area contributed by atoms with Gasteiger partial charge in [-0.25, -0.2) is 0 Å². The summed E-state index contributed by atoms with van der Waals surface area (Å²) in [6.07, 6.45) is 64.0. The third kappa shape index (κ3) is 47.3. The molecule has 362 valence electrons. The quantitative estimate of drug-likeness (QED) is 0.0322. The predicted octanol–water partition coefficient (Wildman–Crippen LogP) is 16.2. The van der Waals surface area contributed by atoms with Gasteiger partial charge in [0.15, 0.2) is 0 Å². The fourth-order valence-corrected chi connectivity index (χ4v) is 7.88. The average molecular weight is 870 g/mol. The van der Waals surface area contributed by atoms with Crippen LogP contribution in [0.3, 0.4) is 0 Å². The smallest absolute Gasteiger partial charge is 0.305 e. The van der Waals surface area contributed by atoms with Gasteiger partial charge in [0.2, 0.25) is 5.91 Å². The zero-order valence-corrected chi connectivity index (χ0v) is 41.1. The molecule has 0 heterocycles. The van der Waals surface area contributed by atoms with Gasteiger partial charge in [-0.15, -0.1) is 0 Å². The largest absolute Gasteiger partial charge is 0.466 e. The van der Waals surface area contributed by atoms with Gasteiger partial charge >= 0.3 is 5.97 Å². The van der Waals surface area contributed by atoms with E-state index < -0.39 is 12.1 Å². The number of allylic oxidation sites excluding steroid dienone is 7. The Morgan fingerprint density at radius 1 is 0.452 bits per heavy atom. The molecule has 0 aromatic heterocycles. The van der Waals surface area contributed by atoms with Crippen LogP contribution in [0.25, 0.3) is 0 Å². The van der Waals surface area contributed by atoms with Gasteiger partial charge in [0.1, 0.15) is 0 Å². The van der Waals surface area contributed by atoms with E-state index in [0.29, 0.717) is 19.4 Å². The number of amides is 1. The van der Waals surface area contributed by atoms with Gasteiger partial charge in [-0.1, -0.05) is 217 Å². The van der Waals surface area contributed by atoms with Gasteiger partial charge in [-0.05, 0) is 89.9 Å².